The Morgan fingerprint density at radius 2 is 2.21 bits per heavy atom. The van der Waals surface area contributed by atoms with Crippen molar-refractivity contribution >= 4 is 5.69 Å². The van der Waals surface area contributed by atoms with Crippen molar-refractivity contribution in [2.75, 3.05) is 5.32 Å². The summed E-state index contributed by atoms with van der Waals surface area (Å²) in [7, 11) is 0. The van der Waals surface area contributed by atoms with Crippen LogP contribution in [0.5, 0.6) is 0 Å². The second kappa shape index (κ2) is 2.63. The molecule has 72 valence electrons. The Morgan fingerprint density at radius 1 is 1.36 bits per heavy atom. The first kappa shape index (κ1) is 8.10. The number of nitrogens with one attached hydrogen (secondary N) is 1. The van der Waals surface area contributed by atoms with Crippen molar-refractivity contribution < 1.29 is 0 Å². The molecule has 0 spiro atoms. The molecule has 0 amide bonds. The number of allylic oxidation sites excluding steroid dienone is 1. The van der Waals surface area contributed by atoms with Crippen LogP contribution in [0.1, 0.15) is 25.3 Å². The van der Waals surface area contributed by atoms with Crippen molar-refractivity contribution in [3.63, 3.8) is 0 Å². The van der Waals surface area contributed by atoms with E-state index in [4.69, 9.17) is 0 Å². The molecule has 1 aromatic rings. The van der Waals surface area contributed by atoms with Crippen LogP contribution in [0.15, 0.2) is 36.4 Å². The summed E-state index contributed by atoms with van der Waals surface area (Å²) in [5, 5.41) is 3.59. The summed E-state index contributed by atoms with van der Waals surface area (Å²) in [6, 6.07) is 9.21. The molecule has 1 heterocycles. The van der Waals surface area contributed by atoms with Gasteiger partial charge in [0.1, 0.15) is 0 Å². The second-order valence-electron chi connectivity index (χ2n) is 4.55. The van der Waals surface area contributed by atoms with Crippen molar-refractivity contribution in [1.29, 1.82) is 0 Å². The molecule has 0 aromatic heterocycles. The van der Waals surface area contributed by atoms with E-state index in [0.717, 1.165) is 0 Å². The molecule has 0 saturated carbocycles. The number of rotatable bonds is 0. The lowest BCUT2D eigenvalue weighted by atomic mass is 9.72. The van der Waals surface area contributed by atoms with Gasteiger partial charge in [-0.05, 0) is 24.5 Å². The number of hydrogen-bond acceptors (Lipinski definition) is 1. The highest BCUT2D eigenvalue weighted by atomic mass is 15.0. The van der Waals surface area contributed by atoms with Crippen molar-refractivity contribution in [2.24, 2.45) is 0 Å². The summed E-state index contributed by atoms with van der Waals surface area (Å²) in [5.41, 5.74) is 3.15. The topological polar surface area (TPSA) is 12.0 Å². The summed E-state index contributed by atoms with van der Waals surface area (Å²) in [4.78, 5) is 0. The Hall–Kier alpha value is -1.24. The maximum Gasteiger partial charge on any atom is 0.0539 e. The van der Waals surface area contributed by atoms with Gasteiger partial charge in [0, 0.05) is 11.1 Å². The molecule has 2 unspecified atom stereocenters. The van der Waals surface area contributed by atoms with Crippen LogP contribution in [0.4, 0.5) is 5.69 Å². The molecule has 0 radical (unpaired) electrons. The lowest BCUT2D eigenvalue weighted by molar-refractivity contribution is 0.417. The van der Waals surface area contributed by atoms with E-state index in [0.29, 0.717) is 11.5 Å². The van der Waals surface area contributed by atoms with E-state index >= 15 is 0 Å². The Morgan fingerprint density at radius 3 is 3.14 bits per heavy atom. The van der Waals surface area contributed by atoms with Crippen LogP contribution < -0.4 is 5.32 Å². The normalized spacial score (nSPS) is 33.4. The lowest BCUT2D eigenvalue weighted by Crippen LogP contribution is -2.36. The third-order valence-corrected chi connectivity index (χ3v) is 3.70. The third-order valence-electron chi connectivity index (χ3n) is 3.70. The Kier molecular flexibility index (Phi) is 1.52. The van der Waals surface area contributed by atoms with Gasteiger partial charge < -0.3 is 5.32 Å². The minimum atomic E-state index is 0.325. The van der Waals surface area contributed by atoms with Crippen LogP contribution in [-0.4, -0.2) is 6.04 Å². The van der Waals surface area contributed by atoms with Crippen LogP contribution in [0, 0.1) is 0 Å². The van der Waals surface area contributed by atoms with Gasteiger partial charge in [-0.15, -0.1) is 0 Å². The molecular weight excluding hydrogens is 170 g/mol. The summed E-state index contributed by atoms with van der Waals surface area (Å²) in [6.45, 7) is 2.38. The molecule has 2 aliphatic rings. The largest absolute Gasteiger partial charge is 0.378 e. The average molecular weight is 185 g/mol. The Labute approximate surface area is 84.8 Å². The van der Waals surface area contributed by atoms with Gasteiger partial charge in [0.25, 0.3) is 0 Å². The van der Waals surface area contributed by atoms with Crippen LogP contribution >= 0.6 is 0 Å². The van der Waals surface area contributed by atoms with E-state index in [1.165, 1.54) is 24.1 Å². The van der Waals surface area contributed by atoms with E-state index in [2.05, 4.69) is 48.7 Å². The van der Waals surface area contributed by atoms with Gasteiger partial charge in [0.15, 0.2) is 0 Å². The van der Waals surface area contributed by atoms with E-state index in [1.807, 2.05) is 0 Å². The molecule has 14 heavy (non-hydrogen) atoms. The fourth-order valence-corrected chi connectivity index (χ4v) is 2.77. The number of para-hydroxylation sites is 1. The zero-order chi connectivity index (χ0) is 9.60. The maximum atomic E-state index is 3.59. The zero-order valence-electron chi connectivity index (χ0n) is 8.46. The molecule has 1 aliphatic heterocycles. The minimum absolute atomic E-state index is 0.325. The fourth-order valence-electron chi connectivity index (χ4n) is 2.77. The molecule has 0 fully saturated rings. The second-order valence-corrected chi connectivity index (χ2v) is 4.55. The summed E-state index contributed by atoms with van der Waals surface area (Å²) < 4.78 is 0. The Balaban J connectivity index is 2.16. The van der Waals surface area contributed by atoms with Crippen LogP contribution in [0.2, 0.25) is 0 Å². The molecule has 1 heteroatoms. The highest BCUT2D eigenvalue weighted by Crippen LogP contribution is 2.46. The van der Waals surface area contributed by atoms with Gasteiger partial charge in [-0.25, -0.2) is 0 Å². The molecule has 0 saturated heterocycles. The number of anilines is 1. The van der Waals surface area contributed by atoms with E-state index in [-0.39, 0.29) is 0 Å². The van der Waals surface area contributed by atoms with Gasteiger partial charge in [0.2, 0.25) is 0 Å². The molecular formula is C13H15N. The predicted octanol–water partition coefficient (Wildman–Crippen LogP) is 3.09. The van der Waals surface area contributed by atoms with Crippen molar-refractivity contribution in [3.05, 3.63) is 42.0 Å². The van der Waals surface area contributed by atoms with E-state index < -0.39 is 0 Å². The van der Waals surface area contributed by atoms with Gasteiger partial charge in [-0.2, -0.15) is 0 Å². The van der Waals surface area contributed by atoms with E-state index in [1.54, 1.807) is 0 Å². The van der Waals surface area contributed by atoms with Gasteiger partial charge in [0.05, 0.1) is 6.04 Å². The summed E-state index contributed by atoms with van der Waals surface area (Å²) in [5.74, 6) is 0. The van der Waals surface area contributed by atoms with Crippen molar-refractivity contribution in [2.45, 2.75) is 31.2 Å². The quantitative estimate of drug-likeness (QED) is 0.612. The molecule has 3 rings (SSSR count). The number of fused-ring (bicyclic) bond motifs is 3. The zero-order valence-corrected chi connectivity index (χ0v) is 8.46. The minimum Gasteiger partial charge on any atom is -0.378 e. The van der Waals surface area contributed by atoms with Crippen molar-refractivity contribution in [3.8, 4) is 0 Å². The van der Waals surface area contributed by atoms with Gasteiger partial charge in [-0.1, -0.05) is 37.3 Å². The SMILES string of the molecule is CC12CCC=CC1Nc1ccccc12. The lowest BCUT2D eigenvalue weighted by Gasteiger charge is -2.32. The van der Waals surface area contributed by atoms with E-state index in [9.17, 15) is 0 Å². The third kappa shape index (κ3) is 0.899. The van der Waals surface area contributed by atoms with Gasteiger partial charge in [-0.3, -0.25) is 0 Å². The molecule has 1 aliphatic carbocycles. The monoisotopic (exact) mass is 185 g/mol. The highest BCUT2D eigenvalue weighted by Gasteiger charge is 2.42. The first-order chi connectivity index (χ1) is 6.81. The summed E-state index contributed by atoms with van der Waals surface area (Å²) in [6.07, 6.45) is 7.09. The average Bonchev–Trinajstić information content (AvgIpc) is 2.51. The molecule has 1 aromatic carbocycles. The predicted molar refractivity (Wildman–Crippen MR) is 59.6 cm³/mol. The van der Waals surface area contributed by atoms with Gasteiger partial charge >= 0.3 is 0 Å². The van der Waals surface area contributed by atoms with Crippen LogP contribution in [0.25, 0.3) is 0 Å². The molecule has 0 bridgehead atoms. The first-order valence-corrected chi connectivity index (χ1v) is 5.33. The number of benzene rings is 1. The maximum absolute atomic E-state index is 3.59. The Bertz CT molecular complexity index is 394. The van der Waals surface area contributed by atoms with Crippen LogP contribution in [0.3, 0.4) is 0 Å². The summed E-state index contributed by atoms with van der Waals surface area (Å²) >= 11 is 0. The fraction of sp³-hybridized carbons (Fsp3) is 0.385. The molecule has 2 atom stereocenters. The standard InChI is InChI=1S/C13H15N/c1-13-9-5-4-8-12(13)14-11-7-3-2-6-10(11)13/h2-4,6-8,12,14H,5,9H2,1H3. The molecule has 1 nitrogen and oxygen atoms in total. The highest BCUT2D eigenvalue weighted by molar-refractivity contribution is 5.63. The number of hydrogen-bond donors (Lipinski definition) is 1. The molecule has 1 N–H and O–H groups in total. The smallest absolute Gasteiger partial charge is 0.0539 e. The first-order valence-electron chi connectivity index (χ1n) is 5.33. The van der Waals surface area contributed by atoms with Crippen LogP contribution in [-0.2, 0) is 5.41 Å². The van der Waals surface area contributed by atoms with Crippen molar-refractivity contribution in [1.82, 2.24) is 0 Å².